The Labute approximate surface area is 678 Å². The second-order valence-corrected chi connectivity index (χ2v) is 33.7. The van der Waals surface area contributed by atoms with E-state index in [9.17, 15) is 0 Å². The number of nitrogens with zero attached hydrogens (tertiary/aromatic N) is 10. The lowest BCUT2D eigenvalue weighted by Gasteiger charge is -2.39. The van der Waals surface area contributed by atoms with Gasteiger partial charge in [-0.15, -0.1) is 0 Å². The summed E-state index contributed by atoms with van der Waals surface area (Å²) in [6.45, 7) is 77.9. The molecule has 0 atom stereocenters. The summed E-state index contributed by atoms with van der Waals surface area (Å²) in [5, 5.41) is 0. The van der Waals surface area contributed by atoms with Gasteiger partial charge in [-0.05, 0) is 119 Å². The minimum Gasteiger partial charge on any atom is -0.870 e. The molecule has 107 heavy (non-hydrogen) atoms. The third-order valence-electron chi connectivity index (χ3n) is 15.7. The number of hydrogen-bond acceptors (Lipinski definition) is 7. The third-order valence-corrected chi connectivity index (χ3v) is 15.7. The number of allylic oxidation sites excluding steroid dienone is 1. The molecule has 2 aromatic carbocycles. The van der Waals surface area contributed by atoms with E-state index >= 15 is 0 Å². The maximum absolute atomic E-state index is 5.17. The highest BCUT2D eigenvalue weighted by Crippen LogP contribution is 2.17. The van der Waals surface area contributed by atoms with Gasteiger partial charge in [0, 0.05) is 18.1 Å². The lowest BCUT2D eigenvalue weighted by atomic mass is 10.1. The first-order valence-electron chi connectivity index (χ1n) is 41.6. The van der Waals surface area contributed by atoms with E-state index in [0.29, 0.717) is 0 Å². The van der Waals surface area contributed by atoms with Gasteiger partial charge in [0.2, 0.25) is 0 Å². The SMILES string of the molecule is C=CC[N+](C)(C)C.CC.CC.CC.CC.CC(C)C[N+](C)(C)C.CCC=CC[N+](C)(C)C.CCCC[N+](CCCC)(CCCC)CCCC.CCOC[N+](C)(C)C.CC[N+](CC)(CC)CC.CC[N+](CC)(CC)CC.C[N+](C)(C)C.C[N+](C)(C)Cc1ccccc1.C[N+](C)(C)c1ccccc1.[OH-].[OH-].[OH-].[OH-].[OH-].[OH-]. The van der Waals surface area contributed by atoms with Crippen molar-refractivity contribution in [3.05, 3.63) is 91.0 Å². The van der Waals surface area contributed by atoms with E-state index in [4.69, 9.17) is 4.74 Å². The van der Waals surface area contributed by atoms with E-state index in [0.717, 1.165) is 76.7 Å². The minimum absolute atomic E-state index is 0. The normalized spacial score (nSPS) is 10.6. The quantitative estimate of drug-likeness (QED) is 0.0386. The summed E-state index contributed by atoms with van der Waals surface area (Å²) in [5.41, 5.74) is 2.74. The average Bonchev–Trinajstić information content (AvgIpc) is 0.893. The smallest absolute Gasteiger partial charge is 0.182 e. The summed E-state index contributed by atoms with van der Waals surface area (Å²) in [7, 11) is 47.6. The predicted octanol–water partition coefficient (Wildman–Crippen LogP) is 20.5. The highest BCUT2D eigenvalue weighted by atomic mass is 16.5. The molecule has 0 aliphatic rings. The maximum atomic E-state index is 5.17. The molecular formula is C90H214N10O7+4. The van der Waals surface area contributed by atoms with Crippen molar-refractivity contribution in [2.75, 3.05) is 267 Å². The summed E-state index contributed by atoms with van der Waals surface area (Å²) in [4.78, 5) is 0. The average molecular weight is 1550 g/mol. The van der Waals surface area contributed by atoms with E-state index in [1.54, 1.807) is 0 Å². The molecule has 0 amide bonds. The van der Waals surface area contributed by atoms with E-state index < -0.39 is 0 Å². The van der Waals surface area contributed by atoms with Crippen LogP contribution in [0, 0.1) is 5.92 Å². The summed E-state index contributed by atoms with van der Waals surface area (Å²) in [6, 6.07) is 21.0. The van der Waals surface area contributed by atoms with Crippen LogP contribution in [0.2, 0.25) is 0 Å². The van der Waals surface area contributed by atoms with E-state index in [2.05, 4.69) is 332 Å². The molecule has 0 radical (unpaired) electrons. The van der Waals surface area contributed by atoms with E-state index in [1.807, 2.05) is 74.5 Å². The second kappa shape index (κ2) is 93.8. The molecule has 17 heteroatoms. The summed E-state index contributed by atoms with van der Waals surface area (Å²) in [5.74, 6) is 0.815. The molecule has 0 aliphatic heterocycles. The van der Waals surface area contributed by atoms with Crippen LogP contribution in [-0.2, 0) is 11.3 Å². The van der Waals surface area contributed by atoms with Gasteiger partial charge < -0.3 is 77.9 Å². The lowest BCUT2D eigenvalue weighted by Crippen LogP contribution is -2.50. The minimum atomic E-state index is 0. The molecular weight excluding hydrogens is 1330 g/mol. The fraction of sp³-hybridized carbons (Fsp3) is 0.822. The van der Waals surface area contributed by atoms with Crippen LogP contribution in [0.3, 0.4) is 0 Å². The lowest BCUT2D eigenvalue weighted by molar-refractivity contribution is -0.929. The van der Waals surface area contributed by atoms with E-state index in [1.165, 1.54) is 161 Å². The van der Waals surface area contributed by atoms with Crippen LogP contribution in [0.4, 0.5) is 5.69 Å². The Bertz CT molecular complexity index is 1780. The molecule has 0 unspecified atom stereocenters. The highest BCUT2D eigenvalue weighted by Gasteiger charge is 2.25. The van der Waals surface area contributed by atoms with Crippen LogP contribution in [0.25, 0.3) is 0 Å². The zero-order valence-electron chi connectivity index (χ0n) is 82.4. The number of quaternary nitrogens is 10. The fourth-order valence-corrected chi connectivity index (χ4v) is 9.74. The first-order valence-corrected chi connectivity index (χ1v) is 41.6. The van der Waals surface area contributed by atoms with Crippen LogP contribution in [0.5, 0.6) is 0 Å². The standard InChI is InChI=1S/C16H36N.C10H16N.C9H14N.C8H18N.2C8H20N.C7H18N.C6H16NO.C6H14N.C4H12N.4C2H6.6H2O/c1-5-9-13-17(14-10-6-2,15-11-7-3)16-12-8-4;1-11(2,3)9-10-7-5-4-6-8-10;1-10(2,3)9-7-5-4-6-8-9;1-5-6-7-8-9(2,3)4;2*1-5-9(6-2,7-3)8-4;1-7(2)6-8(3,4)5;1-5-8-6-7(2,3)4;1-5-6-7(2,3)4;1-5(2,3)4;4*1-2;;;;;;/h5-16H2,1-4H3;4-8H,9H2,1-3H3;4-8H,1-3H3;6-7H,5,8H2,1-4H3;2*5-8H2,1-4H3;7H,6H2,1-5H3;5-6H2,1-4H3;5H,1,6H2,2-4H3;1-4H3;4*1-2H3;6*1H2/q10*+1;;;;;;;;;;/p-6. The topological polar surface area (TPSA) is 189 Å². The van der Waals surface area contributed by atoms with Gasteiger partial charge in [-0.3, -0.25) is 4.48 Å². The molecule has 0 saturated carbocycles. The molecule has 0 bridgehead atoms. The van der Waals surface area contributed by atoms with Gasteiger partial charge in [-0.1, -0.05) is 191 Å². The molecule has 2 aromatic rings. The first kappa shape index (κ1) is 149. The molecule has 0 aromatic heterocycles. The van der Waals surface area contributed by atoms with Crippen LogP contribution >= 0.6 is 0 Å². The Morgan fingerprint density at radius 3 is 0.748 bits per heavy atom. The van der Waals surface area contributed by atoms with Crippen molar-refractivity contribution in [3.8, 4) is 0 Å². The molecule has 662 valence electrons. The van der Waals surface area contributed by atoms with Gasteiger partial charge in [-0.25, -0.2) is 0 Å². The van der Waals surface area contributed by atoms with Gasteiger partial charge in [0.15, 0.2) is 6.73 Å². The molecule has 0 heterocycles. The van der Waals surface area contributed by atoms with Crippen molar-refractivity contribution >= 4 is 5.69 Å². The third kappa shape index (κ3) is 136. The van der Waals surface area contributed by atoms with Crippen LogP contribution < -0.4 is 4.48 Å². The number of para-hydroxylation sites is 1. The molecule has 0 aliphatic carbocycles. The van der Waals surface area contributed by atoms with Crippen molar-refractivity contribution < 1.29 is 77.9 Å². The van der Waals surface area contributed by atoms with Gasteiger partial charge in [0.25, 0.3) is 0 Å². The van der Waals surface area contributed by atoms with E-state index in [-0.39, 0.29) is 32.9 Å². The highest BCUT2D eigenvalue weighted by molar-refractivity contribution is 5.40. The Morgan fingerprint density at radius 2 is 0.617 bits per heavy atom. The van der Waals surface area contributed by atoms with Crippen LogP contribution in [0.15, 0.2) is 85.5 Å². The number of likely N-dealkylation sites (N-methyl/N-ethyl adjacent to an activating group) is 2. The van der Waals surface area contributed by atoms with Crippen molar-refractivity contribution in [3.63, 3.8) is 0 Å². The zero-order valence-corrected chi connectivity index (χ0v) is 82.4. The number of benzene rings is 2. The number of ether oxygens (including phenoxy) is 1. The van der Waals surface area contributed by atoms with Gasteiger partial charge in [-0.2, -0.15) is 0 Å². The summed E-state index contributed by atoms with van der Waals surface area (Å²) < 4.78 is 16.0. The molecule has 6 N–H and O–H groups in total. The van der Waals surface area contributed by atoms with Gasteiger partial charge in [0.1, 0.15) is 12.2 Å². The largest absolute Gasteiger partial charge is 0.870 e. The fourth-order valence-electron chi connectivity index (χ4n) is 9.74. The molecule has 0 saturated heterocycles. The van der Waals surface area contributed by atoms with Crippen molar-refractivity contribution in [1.29, 1.82) is 0 Å². The number of unbranched alkanes of at least 4 members (excludes halogenated alkanes) is 4. The molecule has 2 rings (SSSR count). The van der Waals surface area contributed by atoms with Gasteiger partial charge >= 0.3 is 0 Å². The number of hydrogen-bond donors (Lipinski definition) is 0. The zero-order chi connectivity index (χ0) is 82.7. The Kier molecular flexibility index (Phi) is 131. The van der Waals surface area contributed by atoms with Crippen LogP contribution in [0.1, 0.15) is 230 Å². The summed E-state index contributed by atoms with van der Waals surface area (Å²) in [6.07, 6.45) is 18.6. The Morgan fingerprint density at radius 1 is 0.346 bits per heavy atom. The Hall–Kier alpha value is -2.76. The summed E-state index contributed by atoms with van der Waals surface area (Å²) >= 11 is 0. The van der Waals surface area contributed by atoms with Crippen molar-refractivity contribution in [2.24, 2.45) is 5.92 Å². The number of rotatable bonds is 33. The monoisotopic (exact) mass is 1550 g/mol. The molecule has 17 nitrogen and oxygen atoms in total. The maximum Gasteiger partial charge on any atom is 0.182 e. The molecule has 0 fully saturated rings. The second-order valence-electron chi connectivity index (χ2n) is 33.7. The predicted molar refractivity (Wildman–Crippen MR) is 487 cm³/mol. The van der Waals surface area contributed by atoms with Crippen LogP contribution in [-0.4, -0.2) is 340 Å². The van der Waals surface area contributed by atoms with Gasteiger partial charge in [0.05, 0.1) is 253 Å². The van der Waals surface area contributed by atoms with Crippen molar-refractivity contribution in [2.45, 2.75) is 231 Å². The Balaban J connectivity index is -0.0000000511. The first-order chi connectivity index (χ1) is 46.5. The van der Waals surface area contributed by atoms with Crippen molar-refractivity contribution in [1.82, 2.24) is 4.48 Å². The molecule has 0 spiro atoms.